The molecule has 0 aliphatic heterocycles. The van der Waals surface area contributed by atoms with E-state index in [0.717, 1.165) is 25.7 Å². The van der Waals surface area contributed by atoms with Gasteiger partial charge in [0.2, 0.25) is 0 Å². The number of nitrogens with zero attached hydrogens (tertiary/aromatic N) is 1. The molecule has 1 rings (SSSR count). The van der Waals surface area contributed by atoms with Crippen molar-refractivity contribution in [3.8, 4) is 0 Å². The number of aliphatic hydroxyl groups is 1. The smallest absolute Gasteiger partial charge is 0.334 e. The fourth-order valence-corrected chi connectivity index (χ4v) is 2.32. The quantitative estimate of drug-likeness (QED) is 0.583. The van der Waals surface area contributed by atoms with Gasteiger partial charge >= 0.3 is 5.97 Å². The van der Waals surface area contributed by atoms with Gasteiger partial charge in [-0.15, -0.1) is 0 Å². The number of carbonyl (C=O) groups excluding carboxylic acids is 1. The Balaban J connectivity index is 2.44. The highest BCUT2D eigenvalue weighted by atomic mass is 16.5. The van der Waals surface area contributed by atoms with Crippen molar-refractivity contribution in [2.75, 3.05) is 20.2 Å². The molecule has 0 heterocycles. The Labute approximate surface area is 103 Å². The Hall–Kier alpha value is -0.870. The molecule has 0 amide bonds. The zero-order valence-corrected chi connectivity index (χ0v) is 10.8. The summed E-state index contributed by atoms with van der Waals surface area (Å²) in [7, 11) is 1.92. The molecule has 0 saturated heterocycles. The lowest BCUT2D eigenvalue weighted by Gasteiger charge is -2.35. The van der Waals surface area contributed by atoms with E-state index in [1.54, 1.807) is 6.92 Å². The third-order valence-corrected chi connectivity index (χ3v) is 3.26. The summed E-state index contributed by atoms with van der Waals surface area (Å²) in [6.45, 7) is 6.34. The number of esters is 1. The molecule has 0 aromatic rings. The molecular formula is C13H23NO3. The molecule has 1 N–H and O–H groups in total. The van der Waals surface area contributed by atoms with Gasteiger partial charge in [-0.2, -0.15) is 0 Å². The number of rotatable bonds is 5. The van der Waals surface area contributed by atoms with Crippen LogP contribution in [0, 0.1) is 0 Å². The summed E-state index contributed by atoms with van der Waals surface area (Å²) in [6.07, 6.45) is 3.76. The zero-order valence-electron chi connectivity index (χ0n) is 10.8. The largest absolute Gasteiger partial charge is 0.463 e. The number of carbonyl (C=O) groups is 1. The molecule has 4 nitrogen and oxygen atoms in total. The summed E-state index contributed by atoms with van der Waals surface area (Å²) < 4.78 is 4.89. The molecule has 1 fully saturated rings. The summed E-state index contributed by atoms with van der Waals surface area (Å²) in [5, 5.41) is 9.91. The Morgan fingerprint density at radius 3 is 2.71 bits per heavy atom. The highest BCUT2D eigenvalue weighted by Gasteiger charge is 2.27. The van der Waals surface area contributed by atoms with E-state index in [9.17, 15) is 9.90 Å². The van der Waals surface area contributed by atoms with E-state index in [2.05, 4.69) is 6.58 Å². The van der Waals surface area contributed by atoms with Gasteiger partial charge in [0.15, 0.2) is 0 Å². The lowest BCUT2D eigenvalue weighted by atomic mass is 9.91. The molecule has 0 bridgehead atoms. The molecule has 4 heteroatoms. The van der Waals surface area contributed by atoms with E-state index >= 15 is 0 Å². The van der Waals surface area contributed by atoms with Crippen molar-refractivity contribution in [2.24, 2.45) is 0 Å². The Kier molecular flexibility index (Phi) is 5.65. The predicted octanol–water partition coefficient (Wildman–Crippen LogP) is 1.34. The average Bonchev–Trinajstić information content (AvgIpc) is 2.29. The van der Waals surface area contributed by atoms with Gasteiger partial charge in [0, 0.05) is 18.2 Å². The van der Waals surface area contributed by atoms with Crippen LogP contribution in [-0.2, 0) is 9.53 Å². The Morgan fingerprint density at radius 2 is 2.12 bits per heavy atom. The van der Waals surface area contributed by atoms with Crippen molar-refractivity contribution in [2.45, 2.75) is 44.8 Å². The number of hydrogen-bond acceptors (Lipinski definition) is 4. The summed E-state index contributed by atoms with van der Waals surface area (Å²) in [6, 6.07) is 0.134. The number of hydrogen-bond donors (Lipinski definition) is 1. The van der Waals surface area contributed by atoms with E-state index in [1.807, 2.05) is 11.9 Å². The second-order valence-corrected chi connectivity index (χ2v) is 4.66. The van der Waals surface area contributed by atoms with Crippen molar-refractivity contribution in [1.82, 2.24) is 4.90 Å². The molecule has 1 aliphatic carbocycles. The van der Waals surface area contributed by atoms with Crippen molar-refractivity contribution < 1.29 is 14.6 Å². The highest BCUT2D eigenvalue weighted by Crippen LogP contribution is 2.22. The molecule has 2 unspecified atom stereocenters. The van der Waals surface area contributed by atoms with Gasteiger partial charge in [0.05, 0.1) is 12.7 Å². The van der Waals surface area contributed by atoms with Crippen molar-refractivity contribution in [3.63, 3.8) is 0 Å². The first-order valence-electron chi connectivity index (χ1n) is 6.29. The van der Waals surface area contributed by atoms with Gasteiger partial charge in [-0.05, 0) is 26.8 Å². The van der Waals surface area contributed by atoms with Crippen LogP contribution in [0.4, 0.5) is 0 Å². The van der Waals surface area contributed by atoms with Gasteiger partial charge in [0.25, 0.3) is 0 Å². The minimum absolute atomic E-state index is 0.134. The summed E-state index contributed by atoms with van der Waals surface area (Å²) in [5.74, 6) is -0.343. The van der Waals surface area contributed by atoms with Crippen LogP contribution in [0.15, 0.2) is 12.2 Å². The van der Waals surface area contributed by atoms with E-state index in [-0.39, 0.29) is 18.1 Å². The van der Waals surface area contributed by atoms with Gasteiger partial charge in [0.1, 0.15) is 0 Å². The minimum atomic E-state index is -0.343. The van der Waals surface area contributed by atoms with Crippen LogP contribution < -0.4 is 0 Å². The van der Waals surface area contributed by atoms with Crippen LogP contribution in [0.3, 0.4) is 0 Å². The lowest BCUT2D eigenvalue weighted by Crippen LogP contribution is -2.44. The van der Waals surface area contributed by atoms with Crippen molar-refractivity contribution in [1.29, 1.82) is 0 Å². The molecule has 1 aliphatic rings. The van der Waals surface area contributed by atoms with Crippen molar-refractivity contribution >= 4 is 5.97 Å². The van der Waals surface area contributed by atoms with Crippen LogP contribution >= 0.6 is 0 Å². The van der Waals surface area contributed by atoms with Gasteiger partial charge in [-0.3, -0.25) is 4.90 Å². The predicted molar refractivity (Wildman–Crippen MR) is 66.7 cm³/mol. The fraction of sp³-hybridized carbons (Fsp3) is 0.769. The Bertz CT molecular complexity index is 278. The Morgan fingerprint density at radius 1 is 1.47 bits per heavy atom. The molecule has 17 heavy (non-hydrogen) atoms. The molecule has 1 saturated carbocycles. The van der Waals surface area contributed by atoms with Gasteiger partial charge in [-0.25, -0.2) is 4.79 Å². The molecule has 0 aromatic carbocycles. The van der Waals surface area contributed by atoms with E-state index in [1.165, 1.54) is 0 Å². The molecule has 98 valence electrons. The third-order valence-electron chi connectivity index (χ3n) is 3.26. The summed E-state index contributed by atoms with van der Waals surface area (Å²) >= 11 is 0. The normalized spacial score (nSPS) is 24.7. The monoisotopic (exact) mass is 241 g/mol. The van der Waals surface area contributed by atoms with E-state index < -0.39 is 0 Å². The third kappa shape index (κ3) is 4.13. The molecule has 0 aromatic heterocycles. The first-order valence-corrected chi connectivity index (χ1v) is 6.29. The van der Waals surface area contributed by atoms with Crippen molar-refractivity contribution in [3.05, 3.63) is 12.2 Å². The van der Waals surface area contributed by atoms with Gasteiger partial charge < -0.3 is 9.84 Å². The zero-order chi connectivity index (χ0) is 12.8. The maximum atomic E-state index is 11.4. The first-order chi connectivity index (χ1) is 8.06. The SMILES string of the molecule is C=C(CN(C)C1CCCCC1O)C(=O)OCC. The molecule has 0 spiro atoms. The van der Waals surface area contributed by atoms with Crippen LogP contribution in [0.25, 0.3) is 0 Å². The number of likely N-dealkylation sites (N-methyl/N-ethyl adjacent to an activating group) is 1. The molecular weight excluding hydrogens is 218 g/mol. The molecule has 2 atom stereocenters. The van der Waals surface area contributed by atoms with Crippen LogP contribution in [0.5, 0.6) is 0 Å². The van der Waals surface area contributed by atoms with Crippen LogP contribution in [0.1, 0.15) is 32.6 Å². The second kappa shape index (κ2) is 6.77. The first kappa shape index (κ1) is 14.2. The second-order valence-electron chi connectivity index (χ2n) is 4.66. The average molecular weight is 241 g/mol. The van der Waals surface area contributed by atoms with E-state index in [4.69, 9.17) is 4.74 Å². The molecule has 0 radical (unpaired) electrons. The van der Waals surface area contributed by atoms with Crippen LogP contribution in [0.2, 0.25) is 0 Å². The maximum absolute atomic E-state index is 11.4. The fourth-order valence-electron chi connectivity index (χ4n) is 2.32. The van der Waals surface area contributed by atoms with Crippen LogP contribution in [-0.4, -0.2) is 48.3 Å². The van der Waals surface area contributed by atoms with E-state index in [0.29, 0.717) is 18.7 Å². The topological polar surface area (TPSA) is 49.8 Å². The lowest BCUT2D eigenvalue weighted by molar-refractivity contribution is -0.138. The number of ether oxygens (including phenoxy) is 1. The maximum Gasteiger partial charge on any atom is 0.334 e. The highest BCUT2D eigenvalue weighted by molar-refractivity contribution is 5.88. The summed E-state index contributed by atoms with van der Waals surface area (Å²) in [4.78, 5) is 13.4. The standard InChI is InChI=1S/C13H23NO3/c1-4-17-13(16)10(2)9-14(3)11-7-5-6-8-12(11)15/h11-12,15H,2,4-9H2,1,3H3. The number of aliphatic hydroxyl groups excluding tert-OH is 1. The summed E-state index contributed by atoms with van der Waals surface area (Å²) in [5.41, 5.74) is 0.451. The van der Waals surface area contributed by atoms with Gasteiger partial charge in [-0.1, -0.05) is 19.4 Å². The minimum Gasteiger partial charge on any atom is -0.463 e.